The summed E-state index contributed by atoms with van der Waals surface area (Å²) in [6.07, 6.45) is 0.576. The van der Waals surface area contributed by atoms with E-state index in [1.54, 1.807) is 0 Å². The highest BCUT2D eigenvalue weighted by atomic mass is 79.9. The summed E-state index contributed by atoms with van der Waals surface area (Å²) in [4.78, 5) is 11.8. The molecule has 1 amide bonds. The highest BCUT2D eigenvalue weighted by molar-refractivity contribution is 9.10. The minimum atomic E-state index is -2.91. The predicted molar refractivity (Wildman–Crippen MR) is 82.6 cm³/mol. The van der Waals surface area contributed by atoms with Gasteiger partial charge in [0.05, 0.1) is 18.1 Å². The second kappa shape index (κ2) is 6.24. The molecule has 0 aliphatic carbocycles. The molecule has 20 heavy (non-hydrogen) atoms. The van der Waals surface area contributed by atoms with Crippen molar-refractivity contribution in [2.24, 2.45) is 0 Å². The number of amides is 1. The first-order valence-corrected chi connectivity index (χ1v) is 8.97. The number of nitrogens with one attached hydrogen (secondary N) is 2. The van der Waals surface area contributed by atoms with E-state index in [0.29, 0.717) is 6.42 Å². The summed E-state index contributed by atoms with van der Waals surface area (Å²) in [5, 5.41) is 5.77. The first kappa shape index (κ1) is 15.5. The highest BCUT2D eigenvalue weighted by Gasteiger charge is 2.27. The predicted octanol–water partition coefficient (Wildman–Crippen LogP) is 1.47. The molecule has 2 N–H and O–H groups in total. The van der Waals surface area contributed by atoms with Crippen molar-refractivity contribution in [2.45, 2.75) is 19.4 Å². The number of carbonyl (C=O) groups excluding carboxylic acids is 1. The topological polar surface area (TPSA) is 75.3 Å². The quantitative estimate of drug-likeness (QED) is 0.852. The number of halogens is 1. The number of aryl methyl sites for hydroxylation is 1. The van der Waals surface area contributed by atoms with Crippen LogP contribution < -0.4 is 10.6 Å². The Balaban J connectivity index is 1.82. The molecule has 1 unspecified atom stereocenters. The number of sulfone groups is 1. The molecule has 1 aliphatic rings. The van der Waals surface area contributed by atoms with E-state index in [1.165, 1.54) is 0 Å². The molecule has 7 heteroatoms. The summed E-state index contributed by atoms with van der Waals surface area (Å²) in [6.45, 7) is 2.07. The number of carbonyl (C=O) groups is 1. The third kappa shape index (κ3) is 4.29. The fourth-order valence-electron chi connectivity index (χ4n) is 2.12. The molecule has 0 aromatic heterocycles. The molecule has 0 radical (unpaired) electrons. The summed E-state index contributed by atoms with van der Waals surface area (Å²) < 4.78 is 23.6. The van der Waals surface area contributed by atoms with Gasteiger partial charge in [-0.2, -0.15) is 0 Å². The first-order valence-electron chi connectivity index (χ1n) is 6.35. The van der Waals surface area contributed by atoms with Crippen LogP contribution in [-0.2, 0) is 14.6 Å². The van der Waals surface area contributed by atoms with Crippen molar-refractivity contribution < 1.29 is 13.2 Å². The van der Waals surface area contributed by atoms with Crippen LogP contribution in [0.4, 0.5) is 5.69 Å². The minimum Gasteiger partial charge on any atom is -0.325 e. The van der Waals surface area contributed by atoms with Crippen LogP contribution >= 0.6 is 15.9 Å². The number of hydrogen-bond acceptors (Lipinski definition) is 4. The van der Waals surface area contributed by atoms with E-state index in [1.807, 2.05) is 25.1 Å². The molecule has 110 valence electrons. The maximum Gasteiger partial charge on any atom is 0.238 e. The zero-order valence-corrected chi connectivity index (χ0v) is 13.6. The van der Waals surface area contributed by atoms with Gasteiger partial charge in [0.25, 0.3) is 0 Å². The normalized spacial score (nSPS) is 20.8. The van der Waals surface area contributed by atoms with Crippen molar-refractivity contribution in [2.75, 3.05) is 23.4 Å². The van der Waals surface area contributed by atoms with Gasteiger partial charge >= 0.3 is 0 Å². The summed E-state index contributed by atoms with van der Waals surface area (Å²) in [7, 11) is -2.91. The van der Waals surface area contributed by atoms with E-state index in [0.717, 1.165) is 15.7 Å². The Kier molecular flexibility index (Phi) is 4.82. The van der Waals surface area contributed by atoms with Crippen LogP contribution in [0.3, 0.4) is 0 Å². The lowest BCUT2D eigenvalue weighted by atomic mass is 10.2. The fourth-order valence-corrected chi connectivity index (χ4v) is 4.08. The van der Waals surface area contributed by atoms with Crippen LogP contribution in [0.1, 0.15) is 12.0 Å². The zero-order valence-electron chi connectivity index (χ0n) is 11.1. The molecule has 1 aliphatic heterocycles. The molecule has 0 spiro atoms. The van der Waals surface area contributed by atoms with E-state index >= 15 is 0 Å². The minimum absolute atomic E-state index is 0.114. The Morgan fingerprint density at radius 2 is 2.20 bits per heavy atom. The average molecular weight is 361 g/mol. The van der Waals surface area contributed by atoms with Crippen LogP contribution in [0, 0.1) is 6.92 Å². The van der Waals surface area contributed by atoms with Gasteiger partial charge in [-0.1, -0.05) is 15.9 Å². The molecule has 5 nitrogen and oxygen atoms in total. The molecular formula is C13H17BrN2O3S. The number of rotatable bonds is 4. The smallest absolute Gasteiger partial charge is 0.238 e. The monoisotopic (exact) mass is 360 g/mol. The van der Waals surface area contributed by atoms with Crippen molar-refractivity contribution in [3.05, 3.63) is 28.2 Å². The molecular weight excluding hydrogens is 344 g/mol. The molecule has 1 heterocycles. The lowest BCUT2D eigenvalue weighted by Gasteiger charge is -2.11. The van der Waals surface area contributed by atoms with Crippen molar-refractivity contribution in [1.82, 2.24) is 5.32 Å². The van der Waals surface area contributed by atoms with Gasteiger partial charge in [0, 0.05) is 16.2 Å². The second-order valence-electron chi connectivity index (χ2n) is 4.99. The van der Waals surface area contributed by atoms with E-state index in [-0.39, 0.29) is 30.0 Å². The average Bonchev–Trinajstić information content (AvgIpc) is 2.71. The van der Waals surface area contributed by atoms with Crippen LogP contribution in [0.25, 0.3) is 0 Å². The largest absolute Gasteiger partial charge is 0.325 e. The van der Waals surface area contributed by atoms with Gasteiger partial charge in [-0.15, -0.1) is 0 Å². The Bertz CT molecular complexity index is 616. The maximum absolute atomic E-state index is 11.8. The Hall–Kier alpha value is -0.920. The Morgan fingerprint density at radius 3 is 2.80 bits per heavy atom. The second-order valence-corrected chi connectivity index (χ2v) is 8.08. The third-order valence-corrected chi connectivity index (χ3v) is 5.88. The van der Waals surface area contributed by atoms with Gasteiger partial charge in [-0.05, 0) is 37.1 Å². The molecule has 2 rings (SSSR count). The Morgan fingerprint density at radius 1 is 1.45 bits per heavy atom. The summed E-state index contributed by atoms with van der Waals surface area (Å²) in [5.74, 6) is 0.159. The van der Waals surface area contributed by atoms with E-state index < -0.39 is 9.84 Å². The lowest BCUT2D eigenvalue weighted by Crippen LogP contribution is -2.36. The SMILES string of the molecule is Cc1cc(NC(=O)CNC2CCS(=O)(=O)C2)ccc1Br. The van der Waals surface area contributed by atoms with Crippen molar-refractivity contribution >= 4 is 37.4 Å². The fraction of sp³-hybridized carbons (Fsp3) is 0.462. The van der Waals surface area contributed by atoms with Gasteiger partial charge in [0.1, 0.15) is 0 Å². The standard InChI is InChI=1S/C13H17BrN2O3S/c1-9-6-10(2-3-12(9)14)16-13(17)7-15-11-4-5-20(18,19)8-11/h2-3,6,11,15H,4-5,7-8H2,1H3,(H,16,17). The lowest BCUT2D eigenvalue weighted by molar-refractivity contribution is -0.115. The van der Waals surface area contributed by atoms with Crippen LogP contribution in [0.2, 0.25) is 0 Å². The molecule has 0 saturated carbocycles. The molecule has 1 saturated heterocycles. The molecule has 1 aromatic rings. The molecule has 1 atom stereocenters. The maximum atomic E-state index is 11.8. The van der Waals surface area contributed by atoms with E-state index in [4.69, 9.17) is 0 Å². The first-order chi connectivity index (χ1) is 9.35. The molecule has 1 aromatic carbocycles. The van der Waals surface area contributed by atoms with Crippen LogP contribution in [0.5, 0.6) is 0 Å². The van der Waals surface area contributed by atoms with Gasteiger partial charge in [-0.3, -0.25) is 4.79 Å². The summed E-state index contributed by atoms with van der Waals surface area (Å²) >= 11 is 3.40. The van der Waals surface area contributed by atoms with Gasteiger partial charge in [0.2, 0.25) is 5.91 Å². The van der Waals surface area contributed by atoms with Gasteiger partial charge in [0.15, 0.2) is 9.84 Å². The summed E-state index contributed by atoms with van der Waals surface area (Å²) in [5.41, 5.74) is 1.77. The van der Waals surface area contributed by atoms with Gasteiger partial charge < -0.3 is 10.6 Å². The van der Waals surface area contributed by atoms with E-state index in [2.05, 4.69) is 26.6 Å². The zero-order chi connectivity index (χ0) is 14.8. The van der Waals surface area contributed by atoms with Crippen molar-refractivity contribution in [1.29, 1.82) is 0 Å². The number of hydrogen-bond donors (Lipinski definition) is 2. The van der Waals surface area contributed by atoms with Gasteiger partial charge in [-0.25, -0.2) is 8.42 Å². The van der Waals surface area contributed by atoms with Crippen LogP contribution in [-0.4, -0.2) is 38.4 Å². The molecule has 0 bridgehead atoms. The third-order valence-electron chi connectivity index (χ3n) is 3.23. The molecule has 1 fully saturated rings. The van der Waals surface area contributed by atoms with Crippen molar-refractivity contribution in [3.63, 3.8) is 0 Å². The summed E-state index contributed by atoms with van der Waals surface area (Å²) in [6, 6.07) is 5.45. The van der Waals surface area contributed by atoms with E-state index in [9.17, 15) is 13.2 Å². The highest BCUT2D eigenvalue weighted by Crippen LogP contribution is 2.19. The van der Waals surface area contributed by atoms with Crippen molar-refractivity contribution in [3.8, 4) is 0 Å². The number of benzene rings is 1. The Labute approximate surface area is 127 Å². The number of anilines is 1. The van der Waals surface area contributed by atoms with Crippen LogP contribution in [0.15, 0.2) is 22.7 Å².